The standard InChI is InChI=1S/C27H41ClO9/c1-10-14(3)24(31)36-21(26(7,8)33)13-19(30)16(5)18-12-20(28)27(9,34)23(22(18)35-17(6)29)37-25(32)15(4)11-2/h10-11,18-23,30,33-34H,5,12-13H2,1-4,6-9H3/b14-10-,15-11-/t18-,19-,20+,21-,22+,23+,27-/m1/s1. The summed E-state index contributed by atoms with van der Waals surface area (Å²) in [6.07, 6.45) is -2.13. The summed E-state index contributed by atoms with van der Waals surface area (Å²) in [5.74, 6) is -2.91. The van der Waals surface area contributed by atoms with Crippen molar-refractivity contribution in [3.8, 4) is 0 Å². The van der Waals surface area contributed by atoms with Gasteiger partial charge >= 0.3 is 17.9 Å². The summed E-state index contributed by atoms with van der Waals surface area (Å²) < 4.78 is 16.5. The van der Waals surface area contributed by atoms with E-state index in [-0.39, 0.29) is 24.0 Å². The number of allylic oxidation sites excluding steroid dienone is 2. The van der Waals surface area contributed by atoms with Gasteiger partial charge in [-0.1, -0.05) is 18.7 Å². The van der Waals surface area contributed by atoms with E-state index in [4.69, 9.17) is 25.8 Å². The summed E-state index contributed by atoms with van der Waals surface area (Å²) in [5, 5.41) is 31.9. The molecule has 7 atom stereocenters. The zero-order chi connectivity index (χ0) is 28.9. The van der Waals surface area contributed by atoms with Crippen LogP contribution in [-0.2, 0) is 28.6 Å². The summed E-state index contributed by atoms with van der Waals surface area (Å²) >= 11 is 6.51. The van der Waals surface area contributed by atoms with Crippen molar-refractivity contribution in [3.63, 3.8) is 0 Å². The third kappa shape index (κ3) is 8.40. The Hall–Kier alpha value is -2.20. The Kier molecular flexibility index (Phi) is 11.6. The van der Waals surface area contributed by atoms with Gasteiger partial charge in [0.15, 0.2) is 6.10 Å². The summed E-state index contributed by atoms with van der Waals surface area (Å²) in [7, 11) is 0. The van der Waals surface area contributed by atoms with Gasteiger partial charge in [-0.2, -0.15) is 0 Å². The van der Waals surface area contributed by atoms with Crippen molar-refractivity contribution in [2.24, 2.45) is 5.92 Å². The monoisotopic (exact) mass is 544 g/mol. The van der Waals surface area contributed by atoms with Gasteiger partial charge < -0.3 is 29.5 Å². The molecule has 37 heavy (non-hydrogen) atoms. The molecule has 0 spiro atoms. The van der Waals surface area contributed by atoms with Crippen molar-refractivity contribution >= 4 is 29.5 Å². The Morgan fingerprint density at radius 1 is 1.11 bits per heavy atom. The first-order valence-electron chi connectivity index (χ1n) is 12.2. The lowest BCUT2D eigenvalue weighted by atomic mass is 9.70. The van der Waals surface area contributed by atoms with Crippen molar-refractivity contribution in [1.82, 2.24) is 0 Å². The molecule has 0 saturated heterocycles. The van der Waals surface area contributed by atoms with Crippen LogP contribution in [0.25, 0.3) is 0 Å². The van der Waals surface area contributed by atoms with Crippen LogP contribution in [-0.4, -0.2) is 74.2 Å². The van der Waals surface area contributed by atoms with Crippen LogP contribution in [0.5, 0.6) is 0 Å². The number of aliphatic hydroxyl groups is 3. The van der Waals surface area contributed by atoms with Crippen LogP contribution in [0.4, 0.5) is 0 Å². The molecule has 0 amide bonds. The Morgan fingerprint density at radius 3 is 2.08 bits per heavy atom. The van der Waals surface area contributed by atoms with E-state index in [2.05, 4.69) is 6.58 Å². The molecule has 0 aromatic rings. The van der Waals surface area contributed by atoms with Crippen molar-refractivity contribution in [1.29, 1.82) is 0 Å². The first-order chi connectivity index (χ1) is 16.9. The van der Waals surface area contributed by atoms with E-state index >= 15 is 0 Å². The van der Waals surface area contributed by atoms with Crippen LogP contribution in [0, 0.1) is 5.92 Å². The molecule has 0 unspecified atom stereocenters. The molecule has 210 valence electrons. The maximum Gasteiger partial charge on any atom is 0.333 e. The normalized spacial score (nSPS) is 28.6. The molecule has 1 saturated carbocycles. The van der Waals surface area contributed by atoms with Crippen molar-refractivity contribution < 1.29 is 43.9 Å². The van der Waals surface area contributed by atoms with Gasteiger partial charge in [-0.25, -0.2) is 9.59 Å². The first kappa shape index (κ1) is 32.8. The van der Waals surface area contributed by atoms with Crippen molar-refractivity contribution in [3.05, 3.63) is 35.5 Å². The van der Waals surface area contributed by atoms with Crippen LogP contribution >= 0.6 is 11.6 Å². The molecule has 1 aliphatic rings. The van der Waals surface area contributed by atoms with Gasteiger partial charge in [0.25, 0.3) is 0 Å². The van der Waals surface area contributed by atoms with Gasteiger partial charge in [0.2, 0.25) is 0 Å². The average Bonchev–Trinajstić information content (AvgIpc) is 2.80. The van der Waals surface area contributed by atoms with E-state index in [0.29, 0.717) is 5.57 Å². The molecule has 1 rings (SSSR count). The molecule has 1 fully saturated rings. The summed E-state index contributed by atoms with van der Waals surface area (Å²) in [6, 6.07) is 0. The van der Waals surface area contributed by atoms with E-state index in [9.17, 15) is 29.7 Å². The minimum absolute atomic E-state index is 0.0314. The highest BCUT2D eigenvalue weighted by molar-refractivity contribution is 6.21. The van der Waals surface area contributed by atoms with Crippen LogP contribution in [0.3, 0.4) is 0 Å². The number of hydrogen-bond acceptors (Lipinski definition) is 9. The number of hydrogen-bond donors (Lipinski definition) is 3. The molecule has 10 heteroatoms. The second-order valence-electron chi connectivity index (χ2n) is 10.3. The molecule has 9 nitrogen and oxygen atoms in total. The third-order valence-corrected chi connectivity index (χ3v) is 7.41. The molecule has 0 radical (unpaired) electrons. The largest absolute Gasteiger partial charge is 0.458 e. The average molecular weight is 545 g/mol. The highest BCUT2D eigenvalue weighted by Crippen LogP contribution is 2.43. The second kappa shape index (κ2) is 13.0. The van der Waals surface area contributed by atoms with E-state index < -0.39 is 64.8 Å². The zero-order valence-electron chi connectivity index (χ0n) is 22.9. The quantitative estimate of drug-likeness (QED) is 0.124. The zero-order valence-corrected chi connectivity index (χ0v) is 23.7. The van der Waals surface area contributed by atoms with Gasteiger partial charge in [0, 0.05) is 30.4 Å². The van der Waals surface area contributed by atoms with Crippen LogP contribution in [0.1, 0.15) is 68.2 Å². The number of halogens is 1. The fraction of sp³-hybridized carbons (Fsp3) is 0.667. The summed E-state index contributed by atoms with van der Waals surface area (Å²) in [4.78, 5) is 36.9. The lowest BCUT2D eigenvalue weighted by molar-refractivity contribution is -0.202. The molecule has 0 bridgehead atoms. The molecule has 0 heterocycles. The lowest BCUT2D eigenvalue weighted by Crippen LogP contribution is -2.63. The topological polar surface area (TPSA) is 140 Å². The van der Waals surface area contributed by atoms with Crippen molar-refractivity contribution in [2.75, 3.05) is 0 Å². The van der Waals surface area contributed by atoms with E-state index in [1.165, 1.54) is 40.7 Å². The van der Waals surface area contributed by atoms with Crippen molar-refractivity contribution in [2.45, 2.75) is 109 Å². The molecule has 0 aromatic carbocycles. The first-order valence-corrected chi connectivity index (χ1v) is 12.6. The maximum atomic E-state index is 12.6. The van der Waals surface area contributed by atoms with Gasteiger partial charge in [-0.15, -0.1) is 11.6 Å². The fourth-order valence-electron chi connectivity index (χ4n) is 3.95. The third-order valence-electron chi connectivity index (χ3n) is 6.79. The predicted molar refractivity (Wildman–Crippen MR) is 139 cm³/mol. The lowest BCUT2D eigenvalue weighted by Gasteiger charge is -2.48. The smallest absolute Gasteiger partial charge is 0.333 e. The minimum atomic E-state index is -1.78. The number of esters is 3. The second-order valence-corrected chi connectivity index (χ2v) is 10.8. The number of alkyl halides is 1. The van der Waals surface area contributed by atoms with Gasteiger partial charge in [0.1, 0.15) is 17.8 Å². The molecular formula is C27H41ClO9. The van der Waals surface area contributed by atoms with E-state index in [1.807, 2.05) is 0 Å². The summed E-state index contributed by atoms with van der Waals surface area (Å²) in [5.41, 5.74) is -2.52. The Balaban J connectivity index is 3.35. The Bertz CT molecular complexity index is 929. The fourth-order valence-corrected chi connectivity index (χ4v) is 4.27. The van der Waals surface area contributed by atoms with Crippen LogP contribution in [0.15, 0.2) is 35.5 Å². The number of aliphatic hydroxyl groups excluding tert-OH is 1. The molecule has 3 N–H and O–H groups in total. The molecule has 1 aliphatic carbocycles. The number of rotatable bonds is 10. The summed E-state index contributed by atoms with van der Waals surface area (Å²) in [6.45, 7) is 15.8. The predicted octanol–water partition coefficient (Wildman–Crippen LogP) is 3.13. The van der Waals surface area contributed by atoms with Crippen LogP contribution < -0.4 is 0 Å². The van der Waals surface area contributed by atoms with E-state index in [1.54, 1.807) is 26.8 Å². The number of ether oxygens (including phenoxy) is 3. The minimum Gasteiger partial charge on any atom is -0.458 e. The Labute approximate surface area is 224 Å². The maximum absolute atomic E-state index is 12.6. The van der Waals surface area contributed by atoms with Crippen LogP contribution in [0.2, 0.25) is 0 Å². The van der Waals surface area contributed by atoms with E-state index in [0.717, 1.165) is 0 Å². The SMILES string of the molecule is C=C([C@H](O)C[C@@H](OC(=O)/C(C)=C\C)C(C)(C)O)[C@H]1C[C@H](Cl)[C@@](C)(O)[C@@H](OC(=O)/C(C)=C\C)[C@H]1OC(C)=O. The molecule has 0 aliphatic heterocycles. The molecular weight excluding hydrogens is 504 g/mol. The van der Waals surface area contributed by atoms with Gasteiger partial charge in [-0.05, 0) is 60.5 Å². The number of carbonyl (C=O) groups is 3. The molecule has 0 aromatic heterocycles. The Morgan fingerprint density at radius 2 is 1.62 bits per heavy atom. The highest BCUT2D eigenvalue weighted by Gasteiger charge is 2.56. The number of carbonyl (C=O) groups excluding carboxylic acids is 3. The highest BCUT2D eigenvalue weighted by atomic mass is 35.5. The van der Waals surface area contributed by atoms with Gasteiger partial charge in [0.05, 0.1) is 17.1 Å². The van der Waals surface area contributed by atoms with Gasteiger partial charge in [-0.3, -0.25) is 4.79 Å².